The second-order valence-corrected chi connectivity index (χ2v) is 5.60. The smallest absolute Gasteiger partial charge is 0.160 e. The molecule has 1 aliphatic rings. The first-order valence-electron chi connectivity index (χ1n) is 7.19. The Balaban J connectivity index is 2.12. The van der Waals surface area contributed by atoms with E-state index < -0.39 is 0 Å². The molecule has 2 rings (SSSR count). The van der Waals surface area contributed by atoms with E-state index in [1.54, 1.807) is 14.2 Å². The topological polar surface area (TPSA) is 39.7 Å². The third-order valence-corrected chi connectivity index (χ3v) is 3.80. The molecule has 2 atom stereocenters. The van der Waals surface area contributed by atoms with Gasteiger partial charge in [0.25, 0.3) is 0 Å². The molecule has 2 unspecified atom stereocenters. The average molecular weight is 279 g/mol. The largest absolute Gasteiger partial charge is 0.493 e. The summed E-state index contributed by atoms with van der Waals surface area (Å²) < 4.78 is 16.9. The van der Waals surface area contributed by atoms with E-state index in [4.69, 9.17) is 14.2 Å². The summed E-state index contributed by atoms with van der Waals surface area (Å²) in [7, 11) is 3.31. The maximum atomic E-state index is 6.22. The van der Waals surface area contributed by atoms with Crippen molar-refractivity contribution in [3.8, 4) is 11.5 Å². The molecule has 20 heavy (non-hydrogen) atoms. The molecule has 0 saturated carbocycles. The lowest BCUT2D eigenvalue weighted by Crippen LogP contribution is -2.53. The van der Waals surface area contributed by atoms with Gasteiger partial charge in [0.15, 0.2) is 11.5 Å². The molecule has 0 spiro atoms. The maximum absolute atomic E-state index is 6.22. The van der Waals surface area contributed by atoms with Crippen molar-refractivity contribution < 1.29 is 14.2 Å². The summed E-state index contributed by atoms with van der Waals surface area (Å²) in [6.45, 7) is 6.14. The highest BCUT2D eigenvalue weighted by Crippen LogP contribution is 2.30. The van der Waals surface area contributed by atoms with Crippen molar-refractivity contribution in [1.29, 1.82) is 0 Å². The van der Waals surface area contributed by atoms with E-state index in [-0.39, 0.29) is 5.60 Å². The lowest BCUT2D eigenvalue weighted by molar-refractivity contribution is -0.105. The Bertz CT molecular complexity index is 449. The standard InChI is InChI=1S/C16H25NO3/c1-5-13-10-17-11-16(2,20-13)9-12-6-7-14(18-3)15(8-12)19-4/h6-8,13,17H,5,9-11H2,1-4H3. The third kappa shape index (κ3) is 3.44. The number of hydrogen-bond donors (Lipinski definition) is 1. The Morgan fingerprint density at radius 3 is 2.70 bits per heavy atom. The Kier molecular flexibility index (Phi) is 4.89. The van der Waals surface area contributed by atoms with Crippen LogP contribution in [-0.4, -0.2) is 39.0 Å². The highest BCUT2D eigenvalue weighted by Gasteiger charge is 2.32. The highest BCUT2D eigenvalue weighted by atomic mass is 16.5. The molecule has 4 nitrogen and oxygen atoms in total. The van der Waals surface area contributed by atoms with E-state index in [1.165, 1.54) is 5.56 Å². The molecule has 1 fully saturated rings. The van der Waals surface area contributed by atoms with Crippen LogP contribution >= 0.6 is 0 Å². The number of hydrogen-bond acceptors (Lipinski definition) is 4. The first kappa shape index (κ1) is 15.1. The van der Waals surface area contributed by atoms with Crippen LogP contribution in [0.1, 0.15) is 25.8 Å². The summed E-state index contributed by atoms with van der Waals surface area (Å²) in [5, 5.41) is 3.47. The van der Waals surface area contributed by atoms with Crippen LogP contribution in [0, 0.1) is 0 Å². The first-order valence-corrected chi connectivity index (χ1v) is 7.19. The summed E-state index contributed by atoms with van der Waals surface area (Å²) in [6, 6.07) is 6.06. The Hall–Kier alpha value is -1.26. The Morgan fingerprint density at radius 2 is 2.05 bits per heavy atom. The van der Waals surface area contributed by atoms with Crippen LogP contribution in [0.25, 0.3) is 0 Å². The van der Waals surface area contributed by atoms with Crippen molar-refractivity contribution in [1.82, 2.24) is 5.32 Å². The summed E-state index contributed by atoms with van der Waals surface area (Å²) in [5.41, 5.74) is 1.03. The average Bonchev–Trinajstić information content (AvgIpc) is 2.46. The van der Waals surface area contributed by atoms with E-state index in [0.29, 0.717) is 6.10 Å². The molecule has 1 heterocycles. The van der Waals surface area contributed by atoms with Crippen LogP contribution in [0.15, 0.2) is 18.2 Å². The van der Waals surface area contributed by atoms with Gasteiger partial charge in [-0.1, -0.05) is 13.0 Å². The fourth-order valence-corrected chi connectivity index (χ4v) is 2.74. The summed E-state index contributed by atoms with van der Waals surface area (Å²) in [6.07, 6.45) is 2.19. The zero-order valence-corrected chi connectivity index (χ0v) is 12.9. The first-order chi connectivity index (χ1) is 9.60. The van der Waals surface area contributed by atoms with Gasteiger partial charge in [-0.15, -0.1) is 0 Å². The van der Waals surface area contributed by atoms with Gasteiger partial charge in [0.2, 0.25) is 0 Å². The van der Waals surface area contributed by atoms with Gasteiger partial charge < -0.3 is 19.5 Å². The van der Waals surface area contributed by atoms with Gasteiger partial charge in [0, 0.05) is 19.5 Å². The van der Waals surface area contributed by atoms with E-state index in [2.05, 4.69) is 25.2 Å². The number of morpholine rings is 1. The minimum Gasteiger partial charge on any atom is -0.493 e. The van der Waals surface area contributed by atoms with Crippen LogP contribution in [0.4, 0.5) is 0 Å². The SMILES string of the molecule is CCC1CNCC(C)(Cc2ccc(OC)c(OC)c2)O1. The molecule has 0 aliphatic carbocycles. The van der Waals surface area contributed by atoms with Crippen molar-refractivity contribution in [2.24, 2.45) is 0 Å². The van der Waals surface area contributed by atoms with Gasteiger partial charge in [-0.05, 0) is 31.0 Å². The molecule has 1 saturated heterocycles. The molecule has 1 N–H and O–H groups in total. The second-order valence-electron chi connectivity index (χ2n) is 5.60. The van der Waals surface area contributed by atoms with Crippen molar-refractivity contribution in [3.05, 3.63) is 23.8 Å². The van der Waals surface area contributed by atoms with Gasteiger partial charge in [0.1, 0.15) is 0 Å². The highest BCUT2D eigenvalue weighted by molar-refractivity contribution is 5.43. The summed E-state index contributed by atoms with van der Waals surface area (Å²) in [5.74, 6) is 1.53. The molecule has 0 aromatic heterocycles. The predicted octanol–water partition coefficient (Wildman–Crippen LogP) is 2.40. The second kappa shape index (κ2) is 6.46. The van der Waals surface area contributed by atoms with Gasteiger partial charge >= 0.3 is 0 Å². The van der Waals surface area contributed by atoms with E-state index in [9.17, 15) is 0 Å². The molecular formula is C16H25NO3. The number of benzene rings is 1. The number of rotatable bonds is 5. The summed E-state index contributed by atoms with van der Waals surface area (Å²) in [4.78, 5) is 0. The molecule has 1 aromatic rings. The van der Waals surface area contributed by atoms with Crippen molar-refractivity contribution in [2.75, 3.05) is 27.3 Å². The van der Waals surface area contributed by atoms with E-state index >= 15 is 0 Å². The third-order valence-electron chi connectivity index (χ3n) is 3.80. The molecule has 112 valence electrons. The van der Waals surface area contributed by atoms with E-state index in [0.717, 1.165) is 37.4 Å². The molecule has 1 aliphatic heterocycles. The van der Waals surface area contributed by atoms with Crippen molar-refractivity contribution >= 4 is 0 Å². The molecule has 4 heteroatoms. The number of nitrogens with one attached hydrogen (secondary N) is 1. The van der Waals surface area contributed by atoms with Gasteiger partial charge in [-0.25, -0.2) is 0 Å². The molecule has 0 radical (unpaired) electrons. The van der Waals surface area contributed by atoms with Crippen LogP contribution in [0.5, 0.6) is 11.5 Å². The number of ether oxygens (including phenoxy) is 3. The summed E-state index contributed by atoms with van der Waals surface area (Å²) >= 11 is 0. The van der Waals surface area contributed by atoms with Crippen LogP contribution in [-0.2, 0) is 11.2 Å². The maximum Gasteiger partial charge on any atom is 0.160 e. The van der Waals surface area contributed by atoms with Crippen LogP contribution in [0.3, 0.4) is 0 Å². The van der Waals surface area contributed by atoms with Gasteiger partial charge in [-0.2, -0.15) is 0 Å². The molecule has 0 bridgehead atoms. The predicted molar refractivity (Wildman–Crippen MR) is 79.7 cm³/mol. The zero-order valence-electron chi connectivity index (χ0n) is 12.9. The fourth-order valence-electron chi connectivity index (χ4n) is 2.74. The van der Waals surface area contributed by atoms with Crippen molar-refractivity contribution in [3.63, 3.8) is 0 Å². The normalized spacial score (nSPS) is 26.3. The van der Waals surface area contributed by atoms with Gasteiger partial charge in [-0.3, -0.25) is 0 Å². The monoisotopic (exact) mass is 279 g/mol. The minimum atomic E-state index is -0.168. The molecule has 0 amide bonds. The lowest BCUT2D eigenvalue weighted by atomic mass is 9.94. The quantitative estimate of drug-likeness (QED) is 0.898. The molecule has 1 aromatic carbocycles. The number of methoxy groups -OCH3 is 2. The Labute approximate surface area is 121 Å². The molecular weight excluding hydrogens is 254 g/mol. The minimum absolute atomic E-state index is 0.168. The van der Waals surface area contributed by atoms with Gasteiger partial charge in [0.05, 0.1) is 25.9 Å². The Morgan fingerprint density at radius 1 is 1.30 bits per heavy atom. The lowest BCUT2D eigenvalue weighted by Gasteiger charge is -2.39. The van der Waals surface area contributed by atoms with Crippen LogP contribution in [0.2, 0.25) is 0 Å². The zero-order chi connectivity index (χ0) is 14.6. The van der Waals surface area contributed by atoms with Crippen molar-refractivity contribution in [2.45, 2.75) is 38.4 Å². The van der Waals surface area contributed by atoms with E-state index in [1.807, 2.05) is 12.1 Å². The fraction of sp³-hybridized carbons (Fsp3) is 0.625. The van der Waals surface area contributed by atoms with Crippen LogP contribution < -0.4 is 14.8 Å².